The van der Waals surface area contributed by atoms with Crippen molar-refractivity contribution < 1.29 is 15.0 Å². The first kappa shape index (κ1) is 13.1. The molecular weight excluding hydrogens is 230 g/mol. The fourth-order valence-electron chi connectivity index (χ4n) is 2.52. The molecule has 0 amide bonds. The van der Waals surface area contributed by atoms with Crippen molar-refractivity contribution in [3.05, 3.63) is 35.9 Å². The standard InChI is InChI=1S/C14H19NO3/c16-13(17)7-6-11-9-15-12(14(11)18)8-10-4-2-1-3-5-10/h1-5,11-12,14-15,18H,6-9H2,(H,16,17)/t11?,12-,14?/m0/s1. The van der Waals surface area contributed by atoms with E-state index < -0.39 is 12.1 Å². The Kier molecular flexibility index (Phi) is 4.33. The van der Waals surface area contributed by atoms with Crippen LogP contribution in [0.25, 0.3) is 0 Å². The van der Waals surface area contributed by atoms with E-state index in [2.05, 4.69) is 5.32 Å². The van der Waals surface area contributed by atoms with Gasteiger partial charge in [-0.25, -0.2) is 0 Å². The van der Waals surface area contributed by atoms with E-state index in [-0.39, 0.29) is 18.4 Å². The third-order valence-corrected chi connectivity index (χ3v) is 3.56. The minimum atomic E-state index is -0.797. The first-order valence-corrected chi connectivity index (χ1v) is 6.34. The first-order chi connectivity index (χ1) is 8.66. The van der Waals surface area contributed by atoms with Crippen molar-refractivity contribution >= 4 is 5.97 Å². The molecule has 3 N–H and O–H groups in total. The number of aliphatic hydroxyl groups is 1. The van der Waals surface area contributed by atoms with E-state index in [0.717, 1.165) is 6.42 Å². The molecule has 0 bridgehead atoms. The topological polar surface area (TPSA) is 69.6 Å². The van der Waals surface area contributed by atoms with Crippen molar-refractivity contribution in [2.75, 3.05) is 6.54 Å². The summed E-state index contributed by atoms with van der Waals surface area (Å²) in [6.07, 6.45) is 0.992. The Labute approximate surface area is 107 Å². The van der Waals surface area contributed by atoms with Crippen molar-refractivity contribution in [3.8, 4) is 0 Å². The van der Waals surface area contributed by atoms with Crippen LogP contribution in [0.15, 0.2) is 30.3 Å². The largest absolute Gasteiger partial charge is 0.481 e. The van der Waals surface area contributed by atoms with Gasteiger partial charge in [-0.15, -0.1) is 0 Å². The van der Waals surface area contributed by atoms with Crippen molar-refractivity contribution in [2.45, 2.75) is 31.4 Å². The molecule has 1 aliphatic rings. The molecule has 0 radical (unpaired) electrons. The van der Waals surface area contributed by atoms with Crippen LogP contribution in [0.3, 0.4) is 0 Å². The van der Waals surface area contributed by atoms with E-state index in [0.29, 0.717) is 13.0 Å². The van der Waals surface area contributed by atoms with E-state index in [1.807, 2.05) is 30.3 Å². The molecule has 1 aliphatic heterocycles. The number of rotatable bonds is 5. The van der Waals surface area contributed by atoms with Crippen molar-refractivity contribution in [1.82, 2.24) is 5.32 Å². The van der Waals surface area contributed by atoms with Gasteiger partial charge in [0.25, 0.3) is 0 Å². The zero-order chi connectivity index (χ0) is 13.0. The highest BCUT2D eigenvalue weighted by Crippen LogP contribution is 2.22. The van der Waals surface area contributed by atoms with E-state index >= 15 is 0 Å². The van der Waals surface area contributed by atoms with Gasteiger partial charge in [-0.05, 0) is 24.3 Å². The molecule has 2 unspecified atom stereocenters. The molecule has 0 spiro atoms. The predicted octanol–water partition coefficient (Wildman–Crippen LogP) is 1.04. The summed E-state index contributed by atoms with van der Waals surface area (Å²) < 4.78 is 0. The van der Waals surface area contributed by atoms with Gasteiger partial charge in [0.1, 0.15) is 0 Å². The van der Waals surface area contributed by atoms with Gasteiger partial charge in [0.2, 0.25) is 0 Å². The molecule has 0 saturated carbocycles. The number of hydrogen-bond acceptors (Lipinski definition) is 3. The molecule has 1 heterocycles. The molecule has 1 aromatic rings. The number of benzene rings is 1. The lowest BCUT2D eigenvalue weighted by molar-refractivity contribution is -0.137. The lowest BCUT2D eigenvalue weighted by Crippen LogP contribution is -2.33. The van der Waals surface area contributed by atoms with Crippen LogP contribution < -0.4 is 5.32 Å². The summed E-state index contributed by atoms with van der Waals surface area (Å²) in [6.45, 7) is 0.700. The smallest absolute Gasteiger partial charge is 0.303 e. The van der Waals surface area contributed by atoms with Gasteiger partial charge < -0.3 is 15.5 Å². The Morgan fingerprint density at radius 3 is 2.72 bits per heavy atom. The second-order valence-electron chi connectivity index (χ2n) is 4.89. The van der Waals surface area contributed by atoms with Crippen LogP contribution in [0.2, 0.25) is 0 Å². The van der Waals surface area contributed by atoms with E-state index in [1.165, 1.54) is 5.56 Å². The number of nitrogens with one attached hydrogen (secondary N) is 1. The lowest BCUT2D eigenvalue weighted by atomic mass is 9.93. The number of carboxylic acid groups (broad SMARTS) is 1. The van der Waals surface area contributed by atoms with Gasteiger partial charge in [-0.3, -0.25) is 4.79 Å². The first-order valence-electron chi connectivity index (χ1n) is 6.34. The number of aliphatic carboxylic acids is 1. The van der Waals surface area contributed by atoms with Crippen LogP contribution in [0, 0.1) is 5.92 Å². The second-order valence-corrected chi connectivity index (χ2v) is 4.89. The van der Waals surface area contributed by atoms with Gasteiger partial charge in [0.05, 0.1) is 6.10 Å². The third kappa shape index (κ3) is 3.31. The van der Waals surface area contributed by atoms with Crippen LogP contribution >= 0.6 is 0 Å². The maximum atomic E-state index is 10.5. The summed E-state index contributed by atoms with van der Waals surface area (Å²) in [5.74, 6) is -0.747. The molecule has 0 aromatic heterocycles. The summed E-state index contributed by atoms with van der Waals surface area (Å²) in [4.78, 5) is 10.5. The van der Waals surface area contributed by atoms with Crippen LogP contribution in [0.5, 0.6) is 0 Å². The van der Waals surface area contributed by atoms with E-state index in [9.17, 15) is 9.90 Å². The summed E-state index contributed by atoms with van der Waals surface area (Å²) in [5.41, 5.74) is 1.19. The van der Waals surface area contributed by atoms with Gasteiger partial charge >= 0.3 is 5.97 Å². The molecule has 1 saturated heterocycles. The van der Waals surface area contributed by atoms with Gasteiger partial charge in [0, 0.05) is 19.0 Å². The zero-order valence-corrected chi connectivity index (χ0v) is 10.2. The molecule has 4 heteroatoms. The number of carboxylic acids is 1. The molecule has 1 fully saturated rings. The molecule has 3 atom stereocenters. The van der Waals surface area contributed by atoms with Crippen molar-refractivity contribution in [3.63, 3.8) is 0 Å². The Balaban J connectivity index is 1.87. The minimum Gasteiger partial charge on any atom is -0.481 e. The molecule has 98 valence electrons. The zero-order valence-electron chi connectivity index (χ0n) is 10.2. The highest BCUT2D eigenvalue weighted by atomic mass is 16.4. The highest BCUT2D eigenvalue weighted by molar-refractivity contribution is 5.66. The van der Waals surface area contributed by atoms with Crippen LogP contribution in [-0.2, 0) is 11.2 Å². The molecule has 2 rings (SSSR count). The monoisotopic (exact) mass is 249 g/mol. The van der Waals surface area contributed by atoms with Gasteiger partial charge in [0.15, 0.2) is 0 Å². The second kappa shape index (κ2) is 5.98. The fraction of sp³-hybridized carbons (Fsp3) is 0.500. The SMILES string of the molecule is O=C(O)CCC1CN[C@@H](Cc2ccccc2)C1O. The van der Waals surface area contributed by atoms with Crippen LogP contribution in [-0.4, -0.2) is 34.9 Å². The minimum absolute atomic E-state index is 0.0335. The maximum Gasteiger partial charge on any atom is 0.303 e. The summed E-state index contributed by atoms with van der Waals surface area (Å²) in [7, 11) is 0. The van der Waals surface area contributed by atoms with Gasteiger partial charge in [-0.1, -0.05) is 30.3 Å². The van der Waals surface area contributed by atoms with Gasteiger partial charge in [-0.2, -0.15) is 0 Å². The Bertz CT molecular complexity index is 393. The Hall–Kier alpha value is -1.39. The van der Waals surface area contributed by atoms with Crippen LogP contribution in [0.1, 0.15) is 18.4 Å². The lowest BCUT2D eigenvalue weighted by Gasteiger charge is -2.18. The molecule has 4 nitrogen and oxygen atoms in total. The average molecular weight is 249 g/mol. The highest BCUT2D eigenvalue weighted by Gasteiger charge is 2.34. The van der Waals surface area contributed by atoms with E-state index in [1.54, 1.807) is 0 Å². The predicted molar refractivity (Wildman–Crippen MR) is 68.3 cm³/mol. The Morgan fingerprint density at radius 1 is 1.33 bits per heavy atom. The molecule has 18 heavy (non-hydrogen) atoms. The summed E-state index contributed by atoms with van der Waals surface area (Å²) in [5, 5.41) is 22.1. The van der Waals surface area contributed by atoms with E-state index in [4.69, 9.17) is 5.11 Å². The normalized spacial score (nSPS) is 27.3. The Morgan fingerprint density at radius 2 is 2.06 bits per heavy atom. The van der Waals surface area contributed by atoms with Crippen molar-refractivity contribution in [2.24, 2.45) is 5.92 Å². The quantitative estimate of drug-likeness (QED) is 0.729. The number of hydrogen-bond donors (Lipinski definition) is 3. The fourth-order valence-corrected chi connectivity index (χ4v) is 2.52. The van der Waals surface area contributed by atoms with Crippen LogP contribution in [0.4, 0.5) is 0 Å². The molecular formula is C14H19NO3. The number of aliphatic hydroxyl groups excluding tert-OH is 1. The molecule has 0 aliphatic carbocycles. The summed E-state index contributed by atoms with van der Waals surface area (Å²) >= 11 is 0. The molecule has 1 aromatic carbocycles. The maximum absolute atomic E-state index is 10.5. The third-order valence-electron chi connectivity index (χ3n) is 3.56. The summed E-state index contributed by atoms with van der Waals surface area (Å²) in [6, 6.07) is 10.1. The average Bonchev–Trinajstić information content (AvgIpc) is 2.70. The van der Waals surface area contributed by atoms with Crippen molar-refractivity contribution in [1.29, 1.82) is 0 Å². The number of carbonyl (C=O) groups is 1.